The van der Waals surface area contributed by atoms with Crippen LogP contribution in [0.4, 0.5) is 5.82 Å². The number of imidazole rings is 1. The van der Waals surface area contributed by atoms with Crippen molar-refractivity contribution in [2.75, 3.05) is 25.0 Å². The Kier molecular flexibility index (Phi) is 4.20. The van der Waals surface area contributed by atoms with Gasteiger partial charge in [0.15, 0.2) is 0 Å². The summed E-state index contributed by atoms with van der Waals surface area (Å²) in [6.45, 7) is 4.76. The molecule has 27 heavy (non-hydrogen) atoms. The number of rotatable bonds is 6. The highest BCUT2D eigenvalue weighted by atomic mass is 16.5. The Morgan fingerprint density at radius 1 is 1.30 bits per heavy atom. The van der Waals surface area contributed by atoms with E-state index in [0.29, 0.717) is 18.6 Å². The highest BCUT2D eigenvalue weighted by molar-refractivity contribution is 5.64. The van der Waals surface area contributed by atoms with Gasteiger partial charge in [0.1, 0.15) is 17.2 Å². The fourth-order valence-electron chi connectivity index (χ4n) is 3.84. The van der Waals surface area contributed by atoms with Gasteiger partial charge < -0.3 is 15.4 Å². The van der Waals surface area contributed by atoms with Gasteiger partial charge in [0, 0.05) is 30.4 Å². The Morgan fingerprint density at radius 3 is 3.00 bits per heavy atom. The first-order chi connectivity index (χ1) is 13.3. The largest absolute Gasteiger partial charge is 0.493 e. The molecule has 1 aliphatic carbocycles. The van der Waals surface area contributed by atoms with Crippen LogP contribution in [0.1, 0.15) is 37.7 Å². The molecule has 0 amide bonds. The molecule has 1 unspecified atom stereocenters. The second-order valence-electron chi connectivity index (χ2n) is 7.41. The van der Waals surface area contributed by atoms with Crippen LogP contribution in [0.25, 0.3) is 17.0 Å². The molecule has 1 aliphatic heterocycles. The summed E-state index contributed by atoms with van der Waals surface area (Å²) in [6.07, 6.45) is 7.71. The van der Waals surface area contributed by atoms with Crippen molar-refractivity contribution in [1.29, 1.82) is 0 Å². The van der Waals surface area contributed by atoms with Gasteiger partial charge in [0.05, 0.1) is 24.2 Å². The molecule has 5 rings (SSSR count). The summed E-state index contributed by atoms with van der Waals surface area (Å²) < 4.78 is 8.02. The van der Waals surface area contributed by atoms with Gasteiger partial charge in [-0.2, -0.15) is 0 Å². The van der Waals surface area contributed by atoms with E-state index in [2.05, 4.69) is 44.4 Å². The van der Waals surface area contributed by atoms with Crippen LogP contribution < -0.4 is 15.4 Å². The van der Waals surface area contributed by atoms with Crippen molar-refractivity contribution >= 4 is 11.5 Å². The molecule has 3 aromatic heterocycles. The number of fused-ring (bicyclic) bond motifs is 1. The topological polar surface area (TPSA) is 63.5 Å². The summed E-state index contributed by atoms with van der Waals surface area (Å²) in [7, 11) is 0. The van der Waals surface area contributed by atoms with Crippen molar-refractivity contribution in [2.45, 2.75) is 38.1 Å². The Labute approximate surface area is 159 Å². The van der Waals surface area contributed by atoms with Crippen LogP contribution in [0.2, 0.25) is 0 Å². The van der Waals surface area contributed by atoms with E-state index in [4.69, 9.17) is 9.72 Å². The summed E-state index contributed by atoms with van der Waals surface area (Å²) >= 11 is 0. The van der Waals surface area contributed by atoms with Gasteiger partial charge in [0.25, 0.3) is 0 Å². The first-order valence-electron chi connectivity index (χ1n) is 9.90. The molecule has 2 N–H and O–H groups in total. The van der Waals surface area contributed by atoms with Crippen molar-refractivity contribution in [3.8, 4) is 17.1 Å². The molecule has 4 heterocycles. The third kappa shape index (κ3) is 3.25. The zero-order chi connectivity index (χ0) is 18.2. The average molecular weight is 363 g/mol. The maximum Gasteiger partial charge on any atom is 0.140 e. The number of hydrogen-bond acceptors (Lipinski definition) is 5. The van der Waals surface area contributed by atoms with Crippen LogP contribution in [-0.2, 0) is 0 Å². The zero-order valence-electron chi connectivity index (χ0n) is 15.6. The van der Waals surface area contributed by atoms with Crippen molar-refractivity contribution in [3.63, 3.8) is 0 Å². The van der Waals surface area contributed by atoms with Gasteiger partial charge >= 0.3 is 0 Å². The molecule has 140 valence electrons. The van der Waals surface area contributed by atoms with Crippen molar-refractivity contribution in [2.24, 2.45) is 0 Å². The van der Waals surface area contributed by atoms with Gasteiger partial charge in [-0.1, -0.05) is 6.07 Å². The molecule has 0 radical (unpaired) electrons. The van der Waals surface area contributed by atoms with Gasteiger partial charge in [-0.3, -0.25) is 4.40 Å². The first-order valence-corrected chi connectivity index (χ1v) is 9.90. The highest BCUT2D eigenvalue weighted by Crippen LogP contribution is 2.44. The van der Waals surface area contributed by atoms with Gasteiger partial charge in [-0.05, 0) is 50.8 Å². The van der Waals surface area contributed by atoms with E-state index in [9.17, 15) is 0 Å². The SMILES string of the molecule is CCOc1cc2ncc(-c3cccc(NC4CCNC4)n3)n2cc1C1CC1. The van der Waals surface area contributed by atoms with Crippen LogP contribution in [0.3, 0.4) is 0 Å². The van der Waals surface area contributed by atoms with Gasteiger partial charge in [0.2, 0.25) is 0 Å². The zero-order valence-corrected chi connectivity index (χ0v) is 15.6. The highest BCUT2D eigenvalue weighted by Gasteiger charge is 2.28. The maximum atomic E-state index is 5.87. The van der Waals surface area contributed by atoms with Crippen molar-refractivity contribution in [3.05, 3.63) is 42.2 Å². The lowest BCUT2D eigenvalue weighted by molar-refractivity contribution is 0.336. The second-order valence-corrected chi connectivity index (χ2v) is 7.41. The van der Waals surface area contributed by atoms with Crippen molar-refractivity contribution < 1.29 is 4.74 Å². The van der Waals surface area contributed by atoms with E-state index in [1.807, 2.05) is 19.2 Å². The van der Waals surface area contributed by atoms with Gasteiger partial charge in [-0.15, -0.1) is 0 Å². The molecule has 0 aromatic carbocycles. The fourth-order valence-corrected chi connectivity index (χ4v) is 3.84. The third-order valence-corrected chi connectivity index (χ3v) is 5.38. The van der Waals surface area contributed by atoms with Crippen LogP contribution in [0.5, 0.6) is 5.75 Å². The first kappa shape index (κ1) is 16.6. The number of anilines is 1. The molecule has 1 saturated heterocycles. The molecular weight excluding hydrogens is 338 g/mol. The minimum atomic E-state index is 0.449. The van der Waals surface area contributed by atoms with E-state index in [1.54, 1.807) is 0 Å². The standard InChI is InChI=1S/C21H25N5O/c1-2-27-19-10-21-23-12-18(26(21)13-16(19)14-6-7-14)17-4-3-5-20(25-17)24-15-8-9-22-11-15/h3-5,10,12-15,22H,2,6-9,11H2,1H3,(H,24,25). The molecule has 2 fully saturated rings. The summed E-state index contributed by atoms with van der Waals surface area (Å²) in [6, 6.07) is 8.66. The summed E-state index contributed by atoms with van der Waals surface area (Å²) in [5.41, 5.74) is 4.14. The summed E-state index contributed by atoms with van der Waals surface area (Å²) in [4.78, 5) is 9.45. The Balaban J connectivity index is 1.52. The smallest absolute Gasteiger partial charge is 0.140 e. The molecule has 1 atom stereocenters. The Bertz CT molecular complexity index is 956. The molecule has 1 saturated carbocycles. The van der Waals surface area contributed by atoms with Crippen molar-refractivity contribution in [1.82, 2.24) is 19.7 Å². The molecule has 3 aromatic rings. The lowest BCUT2D eigenvalue weighted by atomic mass is 10.1. The number of nitrogens with one attached hydrogen (secondary N) is 2. The lowest BCUT2D eigenvalue weighted by Gasteiger charge is -2.13. The van der Waals surface area contributed by atoms with E-state index in [0.717, 1.165) is 48.1 Å². The number of aromatic nitrogens is 3. The van der Waals surface area contributed by atoms with E-state index in [-0.39, 0.29) is 0 Å². The molecule has 0 spiro atoms. The van der Waals surface area contributed by atoms with E-state index >= 15 is 0 Å². The summed E-state index contributed by atoms with van der Waals surface area (Å²) in [5.74, 6) is 2.51. The molecule has 2 aliphatic rings. The monoisotopic (exact) mass is 363 g/mol. The van der Waals surface area contributed by atoms with Crippen LogP contribution in [-0.4, -0.2) is 40.1 Å². The quantitative estimate of drug-likeness (QED) is 0.702. The average Bonchev–Trinajstić information content (AvgIpc) is 3.24. The minimum absolute atomic E-state index is 0.449. The predicted molar refractivity (Wildman–Crippen MR) is 106 cm³/mol. The number of nitrogens with zero attached hydrogens (tertiary/aromatic N) is 3. The third-order valence-electron chi connectivity index (χ3n) is 5.38. The van der Waals surface area contributed by atoms with E-state index in [1.165, 1.54) is 18.4 Å². The summed E-state index contributed by atoms with van der Waals surface area (Å²) in [5, 5.41) is 6.91. The normalized spacial score (nSPS) is 19.5. The van der Waals surface area contributed by atoms with E-state index < -0.39 is 0 Å². The van der Waals surface area contributed by atoms with Gasteiger partial charge in [-0.25, -0.2) is 9.97 Å². The number of hydrogen-bond donors (Lipinski definition) is 2. The van der Waals surface area contributed by atoms with Crippen LogP contribution in [0.15, 0.2) is 36.7 Å². The molecular formula is C21H25N5O. The maximum absolute atomic E-state index is 5.87. The Hall–Kier alpha value is -2.60. The fraction of sp³-hybridized carbons (Fsp3) is 0.429. The molecule has 6 heteroatoms. The number of ether oxygens (including phenoxy) is 1. The minimum Gasteiger partial charge on any atom is -0.493 e. The van der Waals surface area contributed by atoms with Crippen LogP contribution >= 0.6 is 0 Å². The molecule has 0 bridgehead atoms. The number of pyridine rings is 2. The molecule has 6 nitrogen and oxygen atoms in total. The predicted octanol–water partition coefficient (Wildman–Crippen LogP) is 3.45. The lowest BCUT2D eigenvalue weighted by Crippen LogP contribution is -2.22. The second kappa shape index (κ2) is 6.85. The van der Waals surface area contributed by atoms with Crippen LogP contribution in [0, 0.1) is 0 Å². The Morgan fingerprint density at radius 2 is 2.22 bits per heavy atom.